The van der Waals surface area contributed by atoms with Crippen molar-refractivity contribution < 1.29 is 22.4 Å². The number of nitrogens with one attached hydrogen (secondary N) is 1. The van der Waals surface area contributed by atoms with Gasteiger partial charge in [0.1, 0.15) is 18.4 Å². The number of anilines is 1. The summed E-state index contributed by atoms with van der Waals surface area (Å²) in [5.74, 6) is -1.31. The van der Waals surface area contributed by atoms with E-state index in [4.69, 9.17) is 0 Å². The summed E-state index contributed by atoms with van der Waals surface area (Å²) in [6, 6.07) is 20.9. The van der Waals surface area contributed by atoms with E-state index in [1.165, 1.54) is 17.0 Å². The Bertz CT molecular complexity index is 1310. The lowest BCUT2D eigenvalue weighted by molar-refractivity contribution is -0.140. The van der Waals surface area contributed by atoms with Crippen molar-refractivity contribution in [3.63, 3.8) is 0 Å². The molecule has 0 saturated carbocycles. The number of rotatable bonds is 12. The first-order valence-corrected chi connectivity index (χ1v) is 14.3. The largest absolute Gasteiger partial charge is 0.354 e. The summed E-state index contributed by atoms with van der Waals surface area (Å²) in [7, 11) is -3.82. The molecule has 0 saturated heterocycles. The molecule has 0 radical (unpaired) electrons. The molecule has 3 rings (SSSR count). The molecule has 1 unspecified atom stereocenters. The molecule has 2 amide bonds. The van der Waals surface area contributed by atoms with E-state index >= 15 is 0 Å². The molecule has 1 atom stereocenters. The minimum absolute atomic E-state index is 0.00165. The van der Waals surface area contributed by atoms with Gasteiger partial charge in [-0.25, -0.2) is 12.8 Å². The molecule has 202 valence electrons. The first kappa shape index (κ1) is 28.8. The van der Waals surface area contributed by atoms with Crippen LogP contribution in [0.2, 0.25) is 0 Å². The second kappa shape index (κ2) is 13.2. The van der Waals surface area contributed by atoms with Gasteiger partial charge in [-0.2, -0.15) is 0 Å². The molecule has 0 aliphatic heterocycles. The van der Waals surface area contributed by atoms with Crippen molar-refractivity contribution in [1.82, 2.24) is 10.2 Å². The van der Waals surface area contributed by atoms with Gasteiger partial charge in [0.2, 0.25) is 21.8 Å². The van der Waals surface area contributed by atoms with Crippen LogP contribution < -0.4 is 9.62 Å². The smallest absolute Gasteiger partial charge is 0.244 e. The van der Waals surface area contributed by atoms with E-state index in [0.717, 1.165) is 21.7 Å². The SMILES string of the molecule is CCCNC(=O)C(Cc1ccccc1)N(Cc1ccc(F)cc1)C(=O)CN(c1ccc(C)cc1)S(C)(=O)=O. The maximum absolute atomic E-state index is 13.9. The van der Waals surface area contributed by atoms with Crippen LogP contribution in [0.4, 0.5) is 10.1 Å². The van der Waals surface area contributed by atoms with Crippen molar-refractivity contribution in [3.8, 4) is 0 Å². The van der Waals surface area contributed by atoms with Crippen molar-refractivity contribution in [2.24, 2.45) is 0 Å². The standard InChI is InChI=1S/C29H34FN3O4S/c1-4-18-31-29(35)27(19-23-8-6-5-7-9-23)32(20-24-12-14-25(30)15-13-24)28(34)21-33(38(3,36)37)26-16-10-22(2)11-17-26/h5-17,27H,4,18-21H2,1-3H3,(H,31,35). The molecule has 3 aromatic carbocycles. The fourth-order valence-corrected chi connectivity index (χ4v) is 4.88. The third-order valence-electron chi connectivity index (χ3n) is 6.09. The summed E-state index contributed by atoms with van der Waals surface area (Å²) in [6.07, 6.45) is 1.98. The molecule has 3 aromatic rings. The predicted octanol–water partition coefficient (Wildman–Crippen LogP) is 4.07. The fraction of sp³-hybridized carbons (Fsp3) is 0.310. The molecule has 38 heavy (non-hydrogen) atoms. The summed E-state index contributed by atoms with van der Waals surface area (Å²) in [4.78, 5) is 28.7. The first-order chi connectivity index (χ1) is 18.1. The minimum Gasteiger partial charge on any atom is -0.354 e. The number of hydrogen-bond acceptors (Lipinski definition) is 4. The monoisotopic (exact) mass is 539 g/mol. The number of nitrogens with zero attached hydrogens (tertiary/aromatic N) is 2. The molecular formula is C29H34FN3O4S. The maximum Gasteiger partial charge on any atom is 0.244 e. The van der Waals surface area contributed by atoms with Crippen molar-refractivity contribution in [2.45, 2.75) is 39.3 Å². The van der Waals surface area contributed by atoms with Gasteiger partial charge in [0.25, 0.3) is 0 Å². The van der Waals surface area contributed by atoms with E-state index < -0.39 is 34.3 Å². The predicted molar refractivity (Wildman–Crippen MR) is 148 cm³/mol. The molecule has 1 N–H and O–H groups in total. The number of sulfonamides is 1. The minimum atomic E-state index is -3.82. The number of hydrogen-bond donors (Lipinski definition) is 1. The highest BCUT2D eigenvalue weighted by molar-refractivity contribution is 7.92. The average Bonchev–Trinajstić information content (AvgIpc) is 2.89. The number of amides is 2. The number of halogens is 1. The molecule has 0 fully saturated rings. The molecule has 0 aliphatic carbocycles. The van der Waals surface area contributed by atoms with Crippen molar-refractivity contribution >= 4 is 27.5 Å². The highest BCUT2D eigenvalue weighted by Gasteiger charge is 2.32. The van der Waals surface area contributed by atoms with Gasteiger partial charge in [-0.1, -0.05) is 67.1 Å². The molecule has 0 bridgehead atoms. The van der Waals surface area contributed by atoms with Crippen molar-refractivity contribution in [1.29, 1.82) is 0 Å². The number of benzene rings is 3. The van der Waals surface area contributed by atoms with Crippen LogP contribution in [0.15, 0.2) is 78.9 Å². The van der Waals surface area contributed by atoms with Gasteiger partial charge >= 0.3 is 0 Å². The van der Waals surface area contributed by atoms with E-state index in [0.29, 0.717) is 24.2 Å². The summed E-state index contributed by atoms with van der Waals surface area (Å²) < 4.78 is 40.1. The van der Waals surface area contributed by atoms with Gasteiger partial charge < -0.3 is 10.2 Å². The van der Waals surface area contributed by atoms with Crippen LogP contribution in [-0.4, -0.2) is 50.5 Å². The summed E-state index contributed by atoms with van der Waals surface area (Å²) in [5.41, 5.74) is 2.76. The summed E-state index contributed by atoms with van der Waals surface area (Å²) in [5, 5.41) is 2.88. The third-order valence-corrected chi connectivity index (χ3v) is 7.23. The lowest BCUT2D eigenvalue weighted by Gasteiger charge is -2.33. The van der Waals surface area contributed by atoms with Gasteiger partial charge in [0.05, 0.1) is 11.9 Å². The van der Waals surface area contributed by atoms with Gasteiger partial charge in [-0.3, -0.25) is 13.9 Å². The van der Waals surface area contributed by atoms with Gasteiger partial charge in [-0.15, -0.1) is 0 Å². The van der Waals surface area contributed by atoms with E-state index in [2.05, 4.69) is 5.32 Å². The topological polar surface area (TPSA) is 86.8 Å². The second-order valence-corrected chi connectivity index (χ2v) is 11.2. The first-order valence-electron chi connectivity index (χ1n) is 12.5. The van der Waals surface area contributed by atoms with Crippen molar-refractivity contribution in [3.05, 3.63) is 101 Å². The van der Waals surface area contributed by atoms with Crippen LogP contribution in [-0.2, 0) is 32.6 Å². The van der Waals surface area contributed by atoms with Crippen LogP contribution in [0.25, 0.3) is 0 Å². The number of aryl methyl sites for hydroxylation is 1. The maximum atomic E-state index is 13.9. The molecule has 7 nitrogen and oxygen atoms in total. The quantitative estimate of drug-likeness (QED) is 0.376. The average molecular weight is 540 g/mol. The zero-order valence-electron chi connectivity index (χ0n) is 21.9. The van der Waals surface area contributed by atoms with Gasteiger partial charge in [-0.05, 0) is 48.7 Å². The lowest BCUT2D eigenvalue weighted by Crippen LogP contribution is -2.53. The third kappa shape index (κ3) is 8.14. The molecule has 0 spiro atoms. The second-order valence-electron chi connectivity index (χ2n) is 9.25. The zero-order chi connectivity index (χ0) is 27.7. The molecule has 0 aliphatic rings. The molecule has 0 aromatic heterocycles. The normalized spacial score (nSPS) is 12.0. The van der Waals surface area contributed by atoms with E-state index in [9.17, 15) is 22.4 Å². The summed E-state index contributed by atoms with van der Waals surface area (Å²) in [6.45, 7) is 3.76. The van der Waals surface area contributed by atoms with Crippen molar-refractivity contribution in [2.75, 3.05) is 23.7 Å². The Labute approximate surface area is 224 Å². The Morgan fingerprint density at radius 3 is 2.13 bits per heavy atom. The van der Waals surface area contributed by atoms with E-state index in [1.54, 1.807) is 36.4 Å². The van der Waals surface area contributed by atoms with Gasteiger partial charge in [0, 0.05) is 19.5 Å². The molecular weight excluding hydrogens is 505 g/mol. The lowest BCUT2D eigenvalue weighted by atomic mass is 10.0. The number of carbonyl (C=O) groups is 2. The fourth-order valence-electron chi connectivity index (χ4n) is 4.03. The Morgan fingerprint density at radius 1 is 0.921 bits per heavy atom. The van der Waals surface area contributed by atoms with E-state index in [1.807, 2.05) is 44.2 Å². The van der Waals surface area contributed by atoms with Crippen LogP contribution in [0.3, 0.4) is 0 Å². The highest BCUT2D eigenvalue weighted by atomic mass is 32.2. The van der Waals surface area contributed by atoms with Crippen LogP contribution in [0.1, 0.15) is 30.0 Å². The molecule has 9 heteroatoms. The Morgan fingerprint density at radius 2 is 1.55 bits per heavy atom. The van der Waals surface area contributed by atoms with Crippen LogP contribution >= 0.6 is 0 Å². The summed E-state index contributed by atoms with van der Waals surface area (Å²) >= 11 is 0. The Balaban J connectivity index is 2.02. The Hall–Kier alpha value is -3.72. The molecule has 0 heterocycles. The number of carbonyl (C=O) groups excluding carboxylic acids is 2. The van der Waals surface area contributed by atoms with E-state index in [-0.39, 0.29) is 18.9 Å². The van der Waals surface area contributed by atoms with Crippen LogP contribution in [0.5, 0.6) is 0 Å². The van der Waals surface area contributed by atoms with Gasteiger partial charge in [0.15, 0.2) is 0 Å². The highest BCUT2D eigenvalue weighted by Crippen LogP contribution is 2.21. The zero-order valence-corrected chi connectivity index (χ0v) is 22.7. The Kier molecular flexibility index (Phi) is 10.0. The van der Waals surface area contributed by atoms with Crippen LogP contribution in [0, 0.1) is 12.7 Å².